The molecule has 2 aromatic heterocycles. The number of fused-ring (bicyclic) bond motifs is 1. The lowest BCUT2D eigenvalue weighted by Gasteiger charge is -2.38. The highest BCUT2D eigenvalue weighted by molar-refractivity contribution is 5.81. The first-order valence-electron chi connectivity index (χ1n) is 12.5. The standard InChI is InChI=1S/C28H26N6O3/c29-15-19-1-3-20(4-2-19)21-7-9-23(10-8-21)34-25-24(16-31-34)27(36)33(18-30-25)17-28(37)11-13-32(14-12-28)26(35)22-5-6-22/h1-4,7-10,16,18,22,37H,5-6,11-14,17H2. The Morgan fingerprint density at radius 3 is 2.32 bits per heavy atom. The molecule has 2 aromatic carbocycles. The van der Waals surface area contributed by atoms with Gasteiger partial charge in [-0.15, -0.1) is 0 Å². The molecule has 4 aromatic rings. The number of carbonyl (C=O) groups excluding carboxylic acids is 1. The fraction of sp³-hybridized carbons (Fsp3) is 0.321. The number of nitriles is 1. The summed E-state index contributed by atoms with van der Waals surface area (Å²) in [6, 6.07) is 17.2. The Balaban J connectivity index is 1.20. The van der Waals surface area contributed by atoms with Crippen molar-refractivity contribution >= 4 is 16.9 Å². The Morgan fingerprint density at radius 2 is 1.70 bits per heavy atom. The van der Waals surface area contributed by atoms with Crippen LogP contribution < -0.4 is 5.56 Å². The number of rotatable bonds is 5. The van der Waals surface area contributed by atoms with Crippen LogP contribution in [-0.4, -0.2) is 53.9 Å². The Morgan fingerprint density at radius 1 is 1.05 bits per heavy atom. The first-order valence-corrected chi connectivity index (χ1v) is 12.5. The van der Waals surface area contributed by atoms with Crippen LogP contribution in [0.5, 0.6) is 0 Å². The van der Waals surface area contributed by atoms with E-state index >= 15 is 0 Å². The SMILES string of the molecule is N#Cc1ccc(-c2ccc(-n3ncc4c(=O)n(CC5(O)CCN(C(=O)C6CC6)CC5)cnc43)cc2)cc1. The summed E-state index contributed by atoms with van der Waals surface area (Å²) in [5, 5.41) is 24.9. The van der Waals surface area contributed by atoms with E-state index in [1.165, 1.54) is 17.1 Å². The van der Waals surface area contributed by atoms with Crippen molar-refractivity contribution < 1.29 is 9.90 Å². The van der Waals surface area contributed by atoms with Crippen LogP contribution in [0.4, 0.5) is 0 Å². The molecule has 0 atom stereocenters. The van der Waals surface area contributed by atoms with E-state index in [4.69, 9.17) is 5.26 Å². The van der Waals surface area contributed by atoms with Gasteiger partial charge in [-0.2, -0.15) is 10.4 Å². The van der Waals surface area contributed by atoms with Crippen LogP contribution in [0.3, 0.4) is 0 Å². The number of aliphatic hydroxyl groups is 1. The fourth-order valence-corrected chi connectivity index (χ4v) is 4.99. The molecule has 1 saturated carbocycles. The van der Waals surface area contributed by atoms with E-state index in [0.717, 1.165) is 29.7 Å². The van der Waals surface area contributed by atoms with Crippen molar-refractivity contribution in [1.29, 1.82) is 5.26 Å². The molecule has 1 amide bonds. The average Bonchev–Trinajstić information content (AvgIpc) is 3.69. The van der Waals surface area contributed by atoms with E-state index in [9.17, 15) is 14.7 Å². The quantitative estimate of drug-likeness (QED) is 0.456. The Bertz CT molecular complexity index is 1570. The topological polar surface area (TPSA) is 117 Å². The third kappa shape index (κ3) is 4.41. The minimum atomic E-state index is -1.06. The van der Waals surface area contributed by atoms with Crippen LogP contribution in [0.15, 0.2) is 65.8 Å². The number of hydrogen-bond acceptors (Lipinski definition) is 6. The lowest BCUT2D eigenvalue weighted by molar-refractivity contribution is -0.137. The van der Waals surface area contributed by atoms with Crippen LogP contribution in [0, 0.1) is 17.2 Å². The predicted molar refractivity (Wildman–Crippen MR) is 137 cm³/mol. The van der Waals surface area contributed by atoms with E-state index < -0.39 is 5.60 Å². The zero-order valence-corrected chi connectivity index (χ0v) is 20.2. The van der Waals surface area contributed by atoms with Crippen LogP contribution >= 0.6 is 0 Å². The van der Waals surface area contributed by atoms with Crippen molar-refractivity contribution in [3.63, 3.8) is 0 Å². The summed E-state index contributed by atoms with van der Waals surface area (Å²) in [6.45, 7) is 1.14. The molecule has 9 heteroatoms. The molecule has 0 radical (unpaired) electrons. The molecule has 1 saturated heterocycles. The average molecular weight is 495 g/mol. The second-order valence-corrected chi connectivity index (χ2v) is 10.0. The minimum absolute atomic E-state index is 0.130. The van der Waals surface area contributed by atoms with Gasteiger partial charge in [0, 0.05) is 19.0 Å². The molecule has 37 heavy (non-hydrogen) atoms. The molecule has 2 fully saturated rings. The van der Waals surface area contributed by atoms with Gasteiger partial charge < -0.3 is 10.0 Å². The molecule has 0 unspecified atom stereocenters. The predicted octanol–water partition coefficient (Wildman–Crippen LogP) is 2.88. The van der Waals surface area contributed by atoms with Gasteiger partial charge in [-0.1, -0.05) is 24.3 Å². The maximum Gasteiger partial charge on any atom is 0.264 e. The number of nitrogens with zero attached hydrogens (tertiary/aromatic N) is 6. The summed E-state index contributed by atoms with van der Waals surface area (Å²) in [5.41, 5.74) is 2.51. The molecule has 1 aliphatic carbocycles. The number of hydrogen-bond donors (Lipinski definition) is 1. The molecule has 3 heterocycles. The van der Waals surface area contributed by atoms with Crippen LogP contribution in [0.25, 0.3) is 27.8 Å². The molecule has 186 valence electrons. The largest absolute Gasteiger partial charge is 0.388 e. The zero-order valence-electron chi connectivity index (χ0n) is 20.2. The van der Waals surface area contributed by atoms with Gasteiger partial charge >= 0.3 is 0 Å². The van der Waals surface area contributed by atoms with E-state index in [2.05, 4.69) is 16.2 Å². The van der Waals surface area contributed by atoms with Crippen LogP contribution in [0.1, 0.15) is 31.2 Å². The highest BCUT2D eigenvalue weighted by Gasteiger charge is 2.39. The Hall–Kier alpha value is -4.29. The number of piperidine rings is 1. The zero-order chi connectivity index (χ0) is 25.6. The number of aromatic nitrogens is 4. The maximum atomic E-state index is 13.2. The van der Waals surface area contributed by atoms with Gasteiger partial charge in [-0.05, 0) is 61.1 Å². The summed E-state index contributed by atoms with van der Waals surface area (Å²) in [5.74, 6) is 0.365. The van der Waals surface area contributed by atoms with Crippen molar-refractivity contribution in [2.24, 2.45) is 5.92 Å². The van der Waals surface area contributed by atoms with Gasteiger partial charge in [0.2, 0.25) is 5.91 Å². The van der Waals surface area contributed by atoms with E-state index in [-0.39, 0.29) is 23.9 Å². The molecule has 1 aliphatic heterocycles. The van der Waals surface area contributed by atoms with Crippen molar-refractivity contribution in [2.45, 2.75) is 37.8 Å². The molecular formula is C28H26N6O3. The van der Waals surface area contributed by atoms with E-state index in [0.29, 0.717) is 42.5 Å². The smallest absolute Gasteiger partial charge is 0.264 e. The normalized spacial score (nSPS) is 17.0. The summed E-state index contributed by atoms with van der Waals surface area (Å²) in [4.78, 5) is 31.9. The van der Waals surface area contributed by atoms with Crippen LogP contribution in [0.2, 0.25) is 0 Å². The number of carbonyl (C=O) groups is 1. The van der Waals surface area contributed by atoms with E-state index in [1.54, 1.807) is 16.8 Å². The lowest BCUT2D eigenvalue weighted by atomic mass is 9.91. The Kier molecular flexibility index (Phi) is 5.61. The second-order valence-electron chi connectivity index (χ2n) is 10.0. The molecule has 0 bridgehead atoms. The summed E-state index contributed by atoms with van der Waals surface area (Å²) >= 11 is 0. The highest BCUT2D eigenvalue weighted by Crippen LogP contribution is 2.33. The first kappa shape index (κ1) is 23.1. The van der Waals surface area contributed by atoms with Gasteiger partial charge in [0.1, 0.15) is 11.7 Å². The van der Waals surface area contributed by atoms with Gasteiger partial charge in [0.05, 0.1) is 35.7 Å². The maximum absolute atomic E-state index is 13.2. The van der Waals surface area contributed by atoms with Gasteiger partial charge in [0.15, 0.2) is 5.65 Å². The van der Waals surface area contributed by atoms with Crippen LogP contribution in [-0.2, 0) is 11.3 Å². The van der Waals surface area contributed by atoms with Gasteiger partial charge in [0.25, 0.3) is 5.56 Å². The summed E-state index contributed by atoms with van der Waals surface area (Å²) in [7, 11) is 0. The molecule has 9 nitrogen and oxygen atoms in total. The molecular weight excluding hydrogens is 468 g/mol. The Labute approximate surface area is 213 Å². The van der Waals surface area contributed by atoms with Crippen molar-refractivity contribution in [3.05, 3.63) is 77.0 Å². The fourth-order valence-electron chi connectivity index (χ4n) is 4.99. The summed E-state index contributed by atoms with van der Waals surface area (Å²) in [6.07, 6.45) is 5.77. The van der Waals surface area contributed by atoms with Gasteiger partial charge in [-0.25, -0.2) is 9.67 Å². The highest BCUT2D eigenvalue weighted by atomic mass is 16.3. The van der Waals surface area contributed by atoms with Crippen molar-refractivity contribution in [1.82, 2.24) is 24.2 Å². The first-order chi connectivity index (χ1) is 17.9. The molecule has 1 N–H and O–H groups in total. The van der Waals surface area contributed by atoms with Gasteiger partial charge in [-0.3, -0.25) is 14.2 Å². The number of likely N-dealkylation sites (tertiary alicyclic amines) is 1. The van der Waals surface area contributed by atoms with Crippen molar-refractivity contribution in [3.8, 4) is 22.9 Å². The molecule has 6 rings (SSSR count). The second kappa shape index (κ2) is 8.98. The molecule has 2 aliphatic rings. The van der Waals surface area contributed by atoms with E-state index in [1.807, 2.05) is 41.3 Å². The third-order valence-electron chi connectivity index (χ3n) is 7.41. The monoisotopic (exact) mass is 494 g/mol. The number of benzene rings is 2. The lowest BCUT2D eigenvalue weighted by Crippen LogP contribution is -2.50. The van der Waals surface area contributed by atoms with Crippen molar-refractivity contribution in [2.75, 3.05) is 13.1 Å². The number of amides is 1. The minimum Gasteiger partial charge on any atom is -0.388 e. The summed E-state index contributed by atoms with van der Waals surface area (Å²) < 4.78 is 3.07. The third-order valence-corrected chi connectivity index (χ3v) is 7.41. The molecule has 0 spiro atoms.